The van der Waals surface area contributed by atoms with E-state index in [2.05, 4.69) is 33.4 Å². The Hall–Kier alpha value is -0.260. The first kappa shape index (κ1) is 8.83. The van der Waals surface area contributed by atoms with Crippen LogP contribution in [-0.4, -0.2) is 0 Å². The van der Waals surface area contributed by atoms with Gasteiger partial charge in [0.1, 0.15) is 0 Å². The van der Waals surface area contributed by atoms with Crippen molar-refractivity contribution in [1.29, 1.82) is 0 Å². The molecule has 0 heterocycles. The molecule has 1 unspecified atom stereocenters. The Kier molecular flexibility index (Phi) is 2.13. The summed E-state index contributed by atoms with van der Waals surface area (Å²) in [7, 11) is 0. The van der Waals surface area contributed by atoms with Crippen LogP contribution in [-0.2, 0) is 0 Å². The van der Waals surface area contributed by atoms with Crippen molar-refractivity contribution in [2.75, 3.05) is 0 Å². The first-order chi connectivity index (χ1) is 4.97. The average Bonchev–Trinajstić information content (AvgIpc) is 1.85. The van der Waals surface area contributed by atoms with Crippen molar-refractivity contribution in [3.05, 3.63) is 12.7 Å². The third-order valence-corrected chi connectivity index (χ3v) is 2.98. The largest absolute Gasteiger partial charge is 0.103 e. The van der Waals surface area contributed by atoms with Gasteiger partial charge in [0.15, 0.2) is 0 Å². The molecule has 0 bridgehead atoms. The molecule has 0 aromatic carbocycles. The number of hydrogen-bond acceptors (Lipinski definition) is 0. The average molecular weight is 152 g/mol. The van der Waals surface area contributed by atoms with Gasteiger partial charge < -0.3 is 0 Å². The SMILES string of the molecule is C=CC1(C)CCCC(C)(C)C1. The van der Waals surface area contributed by atoms with Crippen LogP contribution in [0.3, 0.4) is 0 Å². The van der Waals surface area contributed by atoms with E-state index in [1.165, 1.54) is 25.7 Å². The fourth-order valence-electron chi connectivity index (χ4n) is 2.42. The van der Waals surface area contributed by atoms with Crippen molar-refractivity contribution in [2.45, 2.75) is 46.5 Å². The zero-order valence-corrected chi connectivity index (χ0v) is 8.11. The molecule has 1 aliphatic carbocycles. The maximum atomic E-state index is 3.92. The lowest BCUT2D eigenvalue weighted by atomic mass is 9.65. The number of allylic oxidation sites excluding steroid dienone is 1. The van der Waals surface area contributed by atoms with Gasteiger partial charge in [-0.1, -0.05) is 33.3 Å². The lowest BCUT2D eigenvalue weighted by Gasteiger charge is -2.41. The Bertz CT molecular complexity index is 155. The minimum Gasteiger partial charge on any atom is -0.103 e. The van der Waals surface area contributed by atoms with E-state index in [4.69, 9.17) is 0 Å². The smallest absolute Gasteiger partial charge is 0.0144 e. The summed E-state index contributed by atoms with van der Waals surface area (Å²) in [6, 6.07) is 0. The van der Waals surface area contributed by atoms with Crippen LogP contribution in [0.1, 0.15) is 46.5 Å². The van der Waals surface area contributed by atoms with Crippen LogP contribution in [0.2, 0.25) is 0 Å². The van der Waals surface area contributed by atoms with E-state index < -0.39 is 0 Å². The molecule has 1 rings (SSSR count). The summed E-state index contributed by atoms with van der Waals surface area (Å²) in [5.41, 5.74) is 0.961. The second kappa shape index (κ2) is 2.66. The highest BCUT2D eigenvalue weighted by molar-refractivity contribution is 4.97. The number of rotatable bonds is 1. The molecule has 0 heteroatoms. The van der Waals surface area contributed by atoms with Crippen LogP contribution >= 0.6 is 0 Å². The summed E-state index contributed by atoms with van der Waals surface area (Å²) in [5.74, 6) is 0. The van der Waals surface area contributed by atoms with Gasteiger partial charge in [0.25, 0.3) is 0 Å². The predicted molar refractivity (Wildman–Crippen MR) is 50.6 cm³/mol. The summed E-state index contributed by atoms with van der Waals surface area (Å²) >= 11 is 0. The molecule has 0 aromatic heterocycles. The first-order valence-electron chi connectivity index (χ1n) is 4.61. The van der Waals surface area contributed by atoms with Crippen molar-refractivity contribution < 1.29 is 0 Å². The van der Waals surface area contributed by atoms with Crippen LogP contribution in [0.15, 0.2) is 12.7 Å². The second-order valence-electron chi connectivity index (χ2n) is 5.05. The molecule has 0 spiro atoms. The van der Waals surface area contributed by atoms with E-state index in [0.29, 0.717) is 10.8 Å². The lowest BCUT2D eigenvalue weighted by Crippen LogP contribution is -2.28. The van der Waals surface area contributed by atoms with Gasteiger partial charge in [-0.25, -0.2) is 0 Å². The normalized spacial score (nSPS) is 36.6. The van der Waals surface area contributed by atoms with Crippen molar-refractivity contribution in [1.82, 2.24) is 0 Å². The number of hydrogen-bond donors (Lipinski definition) is 0. The highest BCUT2D eigenvalue weighted by Crippen LogP contribution is 2.46. The summed E-state index contributed by atoms with van der Waals surface area (Å²) < 4.78 is 0. The summed E-state index contributed by atoms with van der Waals surface area (Å²) in [5, 5.41) is 0. The van der Waals surface area contributed by atoms with Crippen molar-refractivity contribution in [3.63, 3.8) is 0 Å². The van der Waals surface area contributed by atoms with E-state index >= 15 is 0 Å². The van der Waals surface area contributed by atoms with Gasteiger partial charge >= 0.3 is 0 Å². The molecule has 0 N–H and O–H groups in total. The quantitative estimate of drug-likeness (QED) is 0.502. The van der Waals surface area contributed by atoms with Gasteiger partial charge in [0, 0.05) is 0 Å². The van der Waals surface area contributed by atoms with Crippen LogP contribution in [0.5, 0.6) is 0 Å². The lowest BCUT2D eigenvalue weighted by molar-refractivity contribution is 0.139. The van der Waals surface area contributed by atoms with E-state index in [1.54, 1.807) is 0 Å². The van der Waals surface area contributed by atoms with Crippen molar-refractivity contribution >= 4 is 0 Å². The maximum Gasteiger partial charge on any atom is -0.0144 e. The van der Waals surface area contributed by atoms with Gasteiger partial charge in [0.05, 0.1) is 0 Å². The van der Waals surface area contributed by atoms with Crippen molar-refractivity contribution in [3.8, 4) is 0 Å². The summed E-state index contributed by atoms with van der Waals surface area (Å²) in [6.07, 6.45) is 7.54. The van der Waals surface area contributed by atoms with Gasteiger partial charge in [-0.05, 0) is 30.1 Å². The molecule has 0 nitrogen and oxygen atoms in total. The molecule has 11 heavy (non-hydrogen) atoms. The third kappa shape index (κ3) is 2.08. The van der Waals surface area contributed by atoms with E-state index in [9.17, 15) is 0 Å². The monoisotopic (exact) mass is 152 g/mol. The van der Waals surface area contributed by atoms with Gasteiger partial charge in [0.2, 0.25) is 0 Å². The Morgan fingerprint density at radius 3 is 2.18 bits per heavy atom. The molecule has 1 fully saturated rings. The fourth-order valence-corrected chi connectivity index (χ4v) is 2.42. The molecule has 0 saturated heterocycles. The Balaban J connectivity index is 2.66. The third-order valence-electron chi connectivity index (χ3n) is 2.98. The summed E-state index contributed by atoms with van der Waals surface area (Å²) in [4.78, 5) is 0. The fraction of sp³-hybridized carbons (Fsp3) is 0.818. The minimum atomic E-state index is 0.418. The second-order valence-corrected chi connectivity index (χ2v) is 5.05. The van der Waals surface area contributed by atoms with Crippen LogP contribution in [0, 0.1) is 10.8 Å². The van der Waals surface area contributed by atoms with Gasteiger partial charge in [-0.3, -0.25) is 0 Å². The minimum absolute atomic E-state index is 0.418. The molecule has 1 atom stereocenters. The highest BCUT2D eigenvalue weighted by atomic mass is 14.4. The molecule has 0 amide bonds. The van der Waals surface area contributed by atoms with Crippen LogP contribution < -0.4 is 0 Å². The molecule has 64 valence electrons. The Morgan fingerprint density at radius 1 is 1.18 bits per heavy atom. The highest BCUT2D eigenvalue weighted by Gasteiger charge is 2.33. The zero-order chi connectivity index (χ0) is 8.54. The molecule has 0 aliphatic heterocycles. The maximum absolute atomic E-state index is 3.92. The summed E-state index contributed by atoms with van der Waals surface area (Å²) in [6.45, 7) is 11.0. The van der Waals surface area contributed by atoms with E-state index in [0.717, 1.165) is 0 Å². The van der Waals surface area contributed by atoms with Crippen molar-refractivity contribution in [2.24, 2.45) is 10.8 Å². The molecule has 0 radical (unpaired) electrons. The Morgan fingerprint density at radius 2 is 1.82 bits per heavy atom. The first-order valence-corrected chi connectivity index (χ1v) is 4.61. The van der Waals surface area contributed by atoms with Crippen LogP contribution in [0.25, 0.3) is 0 Å². The standard InChI is InChI=1S/C11H20/c1-5-11(4)8-6-7-10(2,3)9-11/h5H,1,6-9H2,2-4H3. The Labute approximate surface area is 70.7 Å². The molecule has 1 saturated carbocycles. The van der Waals surface area contributed by atoms with E-state index in [-0.39, 0.29) is 0 Å². The molecule has 1 aliphatic rings. The van der Waals surface area contributed by atoms with Crippen LogP contribution in [0.4, 0.5) is 0 Å². The van der Waals surface area contributed by atoms with Gasteiger partial charge in [-0.2, -0.15) is 0 Å². The molecular weight excluding hydrogens is 132 g/mol. The topological polar surface area (TPSA) is 0 Å². The predicted octanol–water partition coefficient (Wildman–Crippen LogP) is 3.78. The van der Waals surface area contributed by atoms with Gasteiger partial charge in [-0.15, -0.1) is 6.58 Å². The molecule has 0 aromatic rings. The molecular formula is C11H20. The zero-order valence-electron chi connectivity index (χ0n) is 8.11. The van der Waals surface area contributed by atoms with E-state index in [1.807, 2.05) is 0 Å².